The molecule has 4 heteroatoms. The summed E-state index contributed by atoms with van der Waals surface area (Å²) in [5, 5.41) is 8.02. The summed E-state index contributed by atoms with van der Waals surface area (Å²) in [7, 11) is 1.97. The van der Waals surface area contributed by atoms with E-state index in [1.54, 1.807) is 11.3 Å². The molecule has 0 aliphatic carbocycles. The summed E-state index contributed by atoms with van der Waals surface area (Å²) < 4.78 is 3.24. The van der Waals surface area contributed by atoms with Gasteiger partial charge in [-0.3, -0.25) is 4.68 Å². The maximum Gasteiger partial charge on any atom is 0.0644 e. The van der Waals surface area contributed by atoms with Crippen molar-refractivity contribution in [3.05, 3.63) is 52.2 Å². The van der Waals surface area contributed by atoms with Gasteiger partial charge in [-0.2, -0.15) is 5.10 Å². The average molecular weight is 285 g/mol. The van der Waals surface area contributed by atoms with E-state index in [4.69, 9.17) is 5.73 Å². The maximum atomic E-state index is 6.44. The molecule has 0 aliphatic heterocycles. The molecule has 0 radical (unpaired) electrons. The molecule has 0 saturated heterocycles. The van der Waals surface area contributed by atoms with E-state index < -0.39 is 0 Å². The molecule has 104 valence electrons. The first kappa shape index (κ1) is 13.3. The molecular weight excluding hydrogens is 266 g/mol. The summed E-state index contributed by atoms with van der Waals surface area (Å²) in [6.07, 6.45) is 0.859. The Balaban J connectivity index is 1.94. The molecule has 3 rings (SSSR count). The van der Waals surface area contributed by atoms with Crippen LogP contribution in [-0.4, -0.2) is 9.78 Å². The SMILES string of the molecule is Cc1nn(C)c(C)c1C(N)Cc1csc2ccccc12. The van der Waals surface area contributed by atoms with Crippen molar-refractivity contribution in [2.24, 2.45) is 12.8 Å². The Labute approximate surface area is 123 Å². The molecule has 0 bridgehead atoms. The van der Waals surface area contributed by atoms with Crippen molar-refractivity contribution in [2.45, 2.75) is 26.3 Å². The number of fused-ring (bicyclic) bond motifs is 1. The van der Waals surface area contributed by atoms with E-state index in [0.29, 0.717) is 0 Å². The van der Waals surface area contributed by atoms with E-state index in [-0.39, 0.29) is 6.04 Å². The first-order valence-electron chi connectivity index (χ1n) is 6.78. The second-order valence-electron chi connectivity index (χ2n) is 5.28. The normalized spacial score (nSPS) is 13.0. The molecule has 0 fully saturated rings. The lowest BCUT2D eigenvalue weighted by atomic mass is 9.98. The molecule has 0 saturated carbocycles. The molecule has 2 N–H and O–H groups in total. The predicted octanol–water partition coefficient (Wildman–Crippen LogP) is 3.49. The van der Waals surface area contributed by atoms with Crippen LogP contribution < -0.4 is 5.73 Å². The van der Waals surface area contributed by atoms with Gasteiger partial charge in [-0.15, -0.1) is 11.3 Å². The topological polar surface area (TPSA) is 43.8 Å². The second-order valence-corrected chi connectivity index (χ2v) is 6.19. The Bertz CT molecular complexity index is 754. The van der Waals surface area contributed by atoms with Crippen molar-refractivity contribution in [3.63, 3.8) is 0 Å². The highest BCUT2D eigenvalue weighted by Crippen LogP contribution is 2.30. The van der Waals surface area contributed by atoms with Gasteiger partial charge in [0, 0.05) is 29.0 Å². The Morgan fingerprint density at radius 3 is 2.75 bits per heavy atom. The molecule has 0 spiro atoms. The number of benzene rings is 1. The number of hydrogen-bond donors (Lipinski definition) is 1. The smallest absolute Gasteiger partial charge is 0.0644 e. The number of hydrogen-bond acceptors (Lipinski definition) is 3. The third-order valence-electron chi connectivity index (χ3n) is 3.94. The number of aromatic nitrogens is 2. The van der Waals surface area contributed by atoms with Crippen LogP contribution in [0.25, 0.3) is 10.1 Å². The highest BCUT2D eigenvalue weighted by molar-refractivity contribution is 7.17. The summed E-state index contributed by atoms with van der Waals surface area (Å²) in [6.45, 7) is 4.12. The van der Waals surface area contributed by atoms with Crippen molar-refractivity contribution in [1.29, 1.82) is 0 Å². The minimum absolute atomic E-state index is 0.00158. The lowest BCUT2D eigenvalue weighted by Gasteiger charge is -2.12. The molecule has 2 heterocycles. The van der Waals surface area contributed by atoms with Crippen molar-refractivity contribution >= 4 is 21.4 Å². The standard InChI is InChI=1S/C16H19N3S/c1-10-16(11(2)19(3)18-10)14(17)8-12-9-20-15-7-5-4-6-13(12)15/h4-7,9,14H,8,17H2,1-3H3. The molecular formula is C16H19N3S. The lowest BCUT2D eigenvalue weighted by molar-refractivity contribution is 0.703. The van der Waals surface area contributed by atoms with Crippen molar-refractivity contribution < 1.29 is 0 Å². The second kappa shape index (κ2) is 5.04. The van der Waals surface area contributed by atoms with E-state index >= 15 is 0 Å². The zero-order chi connectivity index (χ0) is 14.3. The molecule has 3 nitrogen and oxygen atoms in total. The zero-order valence-electron chi connectivity index (χ0n) is 12.1. The van der Waals surface area contributed by atoms with Crippen molar-refractivity contribution in [2.75, 3.05) is 0 Å². The van der Waals surface area contributed by atoms with Crippen LogP contribution in [-0.2, 0) is 13.5 Å². The van der Waals surface area contributed by atoms with Gasteiger partial charge in [0.15, 0.2) is 0 Å². The Morgan fingerprint density at radius 1 is 1.30 bits per heavy atom. The van der Waals surface area contributed by atoms with Crippen LogP contribution >= 0.6 is 11.3 Å². The summed E-state index contributed by atoms with van der Waals surface area (Å²) >= 11 is 1.79. The quantitative estimate of drug-likeness (QED) is 0.800. The van der Waals surface area contributed by atoms with Gasteiger partial charge in [0.1, 0.15) is 0 Å². The molecule has 3 aromatic rings. The van der Waals surface area contributed by atoms with Crippen LogP contribution in [0.5, 0.6) is 0 Å². The summed E-state index contributed by atoms with van der Waals surface area (Å²) in [4.78, 5) is 0. The molecule has 0 amide bonds. The molecule has 20 heavy (non-hydrogen) atoms. The Hall–Kier alpha value is -1.65. The van der Waals surface area contributed by atoms with Crippen LogP contribution in [0.1, 0.15) is 28.6 Å². The minimum Gasteiger partial charge on any atom is -0.324 e. The van der Waals surface area contributed by atoms with Gasteiger partial charge < -0.3 is 5.73 Å². The van der Waals surface area contributed by atoms with E-state index in [1.165, 1.54) is 21.2 Å². The van der Waals surface area contributed by atoms with E-state index in [2.05, 4.69) is 41.7 Å². The van der Waals surface area contributed by atoms with Gasteiger partial charge in [-0.05, 0) is 42.7 Å². The van der Waals surface area contributed by atoms with Crippen LogP contribution in [0.3, 0.4) is 0 Å². The van der Waals surface area contributed by atoms with Gasteiger partial charge in [-0.25, -0.2) is 0 Å². The Kier molecular flexibility index (Phi) is 3.36. The number of rotatable bonds is 3. The summed E-state index contributed by atoms with van der Waals surface area (Å²) in [5.41, 5.74) is 11.2. The number of aryl methyl sites for hydroxylation is 2. The van der Waals surface area contributed by atoms with Gasteiger partial charge in [0.05, 0.1) is 5.69 Å². The van der Waals surface area contributed by atoms with Crippen LogP contribution in [0.15, 0.2) is 29.6 Å². The van der Waals surface area contributed by atoms with Crippen molar-refractivity contribution in [1.82, 2.24) is 9.78 Å². The average Bonchev–Trinajstić information content (AvgIpc) is 2.92. The number of thiophene rings is 1. The van der Waals surface area contributed by atoms with Gasteiger partial charge in [0.2, 0.25) is 0 Å². The fourth-order valence-electron chi connectivity index (χ4n) is 2.86. The fraction of sp³-hybridized carbons (Fsp3) is 0.312. The van der Waals surface area contributed by atoms with Crippen LogP contribution in [0, 0.1) is 13.8 Å². The zero-order valence-corrected chi connectivity index (χ0v) is 12.9. The minimum atomic E-state index is 0.00158. The summed E-state index contributed by atoms with van der Waals surface area (Å²) in [6, 6.07) is 8.51. The van der Waals surface area contributed by atoms with Gasteiger partial charge in [-0.1, -0.05) is 18.2 Å². The third-order valence-corrected chi connectivity index (χ3v) is 4.95. The van der Waals surface area contributed by atoms with Gasteiger partial charge in [0.25, 0.3) is 0 Å². The van der Waals surface area contributed by atoms with E-state index in [1.807, 2.05) is 18.7 Å². The Morgan fingerprint density at radius 2 is 2.05 bits per heavy atom. The van der Waals surface area contributed by atoms with E-state index in [9.17, 15) is 0 Å². The molecule has 1 aromatic carbocycles. The third kappa shape index (κ3) is 2.15. The molecule has 1 unspecified atom stereocenters. The number of nitrogens with two attached hydrogens (primary N) is 1. The first-order chi connectivity index (χ1) is 9.58. The molecule has 2 aromatic heterocycles. The molecule has 0 aliphatic rings. The van der Waals surface area contributed by atoms with E-state index in [0.717, 1.165) is 17.8 Å². The highest BCUT2D eigenvalue weighted by Gasteiger charge is 2.18. The predicted molar refractivity (Wildman–Crippen MR) is 85.1 cm³/mol. The van der Waals surface area contributed by atoms with Crippen LogP contribution in [0.2, 0.25) is 0 Å². The van der Waals surface area contributed by atoms with Crippen molar-refractivity contribution in [3.8, 4) is 0 Å². The number of nitrogens with zero attached hydrogens (tertiary/aromatic N) is 2. The van der Waals surface area contributed by atoms with Gasteiger partial charge >= 0.3 is 0 Å². The maximum absolute atomic E-state index is 6.44. The fourth-order valence-corrected chi connectivity index (χ4v) is 3.83. The first-order valence-corrected chi connectivity index (χ1v) is 7.66. The summed E-state index contributed by atoms with van der Waals surface area (Å²) in [5.74, 6) is 0. The van der Waals surface area contributed by atoms with Crippen LogP contribution in [0.4, 0.5) is 0 Å². The highest BCUT2D eigenvalue weighted by atomic mass is 32.1. The molecule has 1 atom stereocenters. The monoisotopic (exact) mass is 285 g/mol. The lowest BCUT2D eigenvalue weighted by Crippen LogP contribution is -2.15. The largest absolute Gasteiger partial charge is 0.324 e.